The molecule has 0 aliphatic carbocycles. The van der Waals surface area contributed by atoms with Crippen LogP contribution in [-0.2, 0) is 22.4 Å². The van der Waals surface area contributed by atoms with Crippen LogP contribution < -0.4 is 11.1 Å². The van der Waals surface area contributed by atoms with Crippen molar-refractivity contribution < 1.29 is 14.4 Å². The largest absolute Gasteiger partial charge is 0.397 e. The number of nitrogen functional groups attached to an aromatic ring is 1. The first-order valence-electron chi connectivity index (χ1n) is 16.3. The summed E-state index contributed by atoms with van der Waals surface area (Å²) in [5.74, 6) is 2.05. The number of terminal acetylenes is 1. The lowest BCUT2D eigenvalue weighted by Gasteiger charge is -2.39. The fourth-order valence-corrected chi connectivity index (χ4v) is 8.60. The molecule has 3 fully saturated rings. The minimum atomic E-state index is -0.529. The summed E-state index contributed by atoms with van der Waals surface area (Å²) in [5.41, 5.74) is 9.81. The Morgan fingerprint density at radius 1 is 1.00 bits per heavy atom. The zero-order valence-corrected chi connectivity index (χ0v) is 27.4. The van der Waals surface area contributed by atoms with E-state index in [1.165, 1.54) is 18.4 Å². The molecule has 1 atom stereocenters. The Morgan fingerprint density at radius 2 is 1.69 bits per heavy atom. The molecule has 9 nitrogen and oxygen atoms in total. The smallest absolute Gasteiger partial charge is 0.322 e. The molecule has 1 aromatic carbocycles. The molecule has 0 radical (unpaired) electrons. The Balaban J connectivity index is 1.10. The highest BCUT2D eigenvalue weighted by molar-refractivity contribution is 7.08. The molecule has 4 aliphatic heterocycles. The van der Waals surface area contributed by atoms with Crippen LogP contribution in [0.1, 0.15) is 61.6 Å². The number of hydrogen-bond donors (Lipinski definition) is 2. The van der Waals surface area contributed by atoms with Crippen molar-refractivity contribution in [2.45, 2.75) is 69.9 Å². The second-order valence-corrected chi connectivity index (χ2v) is 14.0. The van der Waals surface area contributed by atoms with Gasteiger partial charge in [0.25, 0.3) is 0 Å². The lowest BCUT2D eigenvalue weighted by molar-refractivity contribution is -0.143. The van der Waals surface area contributed by atoms with E-state index in [0.717, 1.165) is 43.6 Å². The third-order valence-electron chi connectivity index (χ3n) is 10.2. The van der Waals surface area contributed by atoms with Crippen LogP contribution in [0.4, 0.5) is 16.2 Å². The molecule has 1 aromatic heterocycles. The number of rotatable bonds is 7. The molecule has 3 N–H and O–H groups in total. The van der Waals surface area contributed by atoms with Crippen LogP contribution >= 0.6 is 22.9 Å². The zero-order valence-electron chi connectivity index (χ0n) is 25.8. The van der Waals surface area contributed by atoms with Gasteiger partial charge in [-0.2, -0.15) is 0 Å². The van der Waals surface area contributed by atoms with Crippen molar-refractivity contribution in [2.75, 3.05) is 56.9 Å². The van der Waals surface area contributed by atoms with E-state index in [9.17, 15) is 14.4 Å². The molecule has 0 spiro atoms. The maximum atomic E-state index is 14.0. The topological polar surface area (TPSA) is 102 Å². The van der Waals surface area contributed by atoms with Gasteiger partial charge in [-0.05, 0) is 93.1 Å². The van der Waals surface area contributed by atoms with E-state index in [0.29, 0.717) is 74.3 Å². The van der Waals surface area contributed by atoms with E-state index in [1.807, 2.05) is 26.1 Å². The number of benzene rings is 1. The predicted octanol–water partition coefficient (Wildman–Crippen LogP) is 4.68. The number of urea groups is 1. The highest BCUT2D eigenvalue weighted by Gasteiger charge is 2.35. The monoisotopic (exact) mass is 650 g/mol. The van der Waals surface area contributed by atoms with Crippen molar-refractivity contribution in [3.8, 4) is 12.3 Å². The van der Waals surface area contributed by atoms with Crippen LogP contribution in [0.3, 0.4) is 0 Å². The molecule has 0 saturated carbocycles. The van der Waals surface area contributed by atoms with Gasteiger partial charge in [-0.15, -0.1) is 17.8 Å². The predicted molar refractivity (Wildman–Crippen MR) is 179 cm³/mol. The summed E-state index contributed by atoms with van der Waals surface area (Å²) in [5, 5.41) is 7.49. The molecule has 2 aromatic rings. The van der Waals surface area contributed by atoms with E-state index in [-0.39, 0.29) is 30.3 Å². The number of piperidine rings is 2. The summed E-state index contributed by atoms with van der Waals surface area (Å²) in [6.45, 7) is 5.51. The van der Waals surface area contributed by atoms with Crippen LogP contribution in [0.15, 0.2) is 22.9 Å². The number of thiophene rings is 1. The van der Waals surface area contributed by atoms with Gasteiger partial charge in [-0.25, -0.2) is 4.79 Å². The SMILES string of the molecule is C#Cc1cc(C[C@@H](CC(=O)N2CCC(N3CCc4cscc4NC3=O)CC2)C(=O)N2CCC(N3CCCC3)CC2)cc(Cl)c1N. The Morgan fingerprint density at radius 3 is 2.40 bits per heavy atom. The number of amides is 4. The van der Waals surface area contributed by atoms with Crippen molar-refractivity contribution in [3.05, 3.63) is 44.6 Å². The molecule has 6 rings (SSSR count). The van der Waals surface area contributed by atoms with Gasteiger partial charge >= 0.3 is 6.03 Å². The minimum absolute atomic E-state index is 0.0156. The van der Waals surface area contributed by atoms with Crippen molar-refractivity contribution in [3.63, 3.8) is 0 Å². The first-order valence-corrected chi connectivity index (χ1v) is 17.6. The lowest BCUT2D eigenvalue weighted by Crippen LogP contribution is -2.51. The fourth-order valence-electron chi connectivity index (χ4n) is 7.53. The minimum Gasteiger partial charge on any atom is -0.397 e. The standard InChI is InChI=1S/C34H43ClN6O3S/c1-2-24-17-23(19-29(35)32(24)36)18-26(33(43)40-14-6-27(7-15-40)38-10-3-4-11-38)20-31(42)39-12-8-28(9-13-39)41-16-5-25-21-45-22-30(25)37-34(41)44/h1,17,19,21-22,26-28H,3-16,18,20,36H2,(H,37,44)/t26-/m0/s1. The highest BCUT2D eigenvalue weighted by Crippen LogP contribution is 2.30. The van der Waals surface area contributed by atoms with E-state index in [2.05, 4.69) is 21.5 Å². The number of nitrogens with two attached hydrogens (primary N) is 1. The van der Waals surface area contributed by atoms with Crippen LogP contribution in [0.2, 0.25) is 5.02 Å². The molecule has 45 heavy (non-hydrogen) atoms. The number of hydrogen-bond acceptors (Lipinski definition) is 6. The average Bonchev–Trinajstić information content (AvgIpc) is 3.72. The molecule has 3 saturated heterocycles. The Bertz CT molecular complexity index is 1450. The third-order valence-corrected chi connectivity index (χ3v) is 11.3. The number of likely N-dealkylation sites (tertiary alicyclic amines) is 3. The normalized spacial score (nSPS) is 20.8. The van der Waals surface area contributed by atoms with Crippen LogP contribution in [0.5, 0.6) is 0 Å². The molecule has 0 unspecified atom stereocenters. The first kappa shape index (κ1) is 31.7. The number of anilines is 2. The summed E-state index contributed by atoms with van der Waals surface area (Å²) in [6, 6.07) is 4.12. The van der Waals surface area contributed by atoms with E-state index < -0.39 is 5.92 Å². The van der Waals surface area contributed by atoms with Crippen LogP contribution in [0, 0.1) is 18.3 Å². The van der Waals surface area contributed by atoms with E-state index >= 15 is 0 Å². The second kappa shape index (κ2) is 14.0. The molecule has 4 aliphatic rings. The van der Waals surface area contributed by atoms with Crippen molar-refractivity contribution >= 4 is 52.2 Å². The fraction of sp³-hybridized carbons (Fsp3) is 0.559. The molecular formula is C34H43ClN6O3S. The summed E-state index contributed by atoms with van der Waals surface area (Å²) in [7, 11) is 0. The highest BCUT2D eigenvalue weighted by atomic mass is 35.5. The number of carbonyl (C=O) groups excluding carboxylic acids is 3. The molecule has 240 valence electrons. The Hall–Kier alpha value is -3.26. The number of fused-ring (bicyclic) bond motifs is 1. The zero-order chi connectivity index (χ0) is 31.5. The van der Waals surface area contributed by atoms with Gasteiger partial charge in [0.1, 0.15) is 0 Å². The quantitative estimate of drug-likeness (QED) is 0.335. The second-order valence-electron chi connectivity index (χ2n) is 12.9. The Kier molecular flexibility index (Phi) is 9.88. The van der Waals surface area contributed by atoms with Crippen molar-refractivity contribution in [1.29, 1.82) is 0 Å². The summed E-state index contributed by atoms with van der Waals surface area (Å²) in [4.78, 5) is 49.1. The third kappa shape index (κ3) is 7.11. The van der Waals surface area contributed by atoms with E-state index in [1.54, 1.807) is 17.4 Å². The van der Waals surface area contributed by atoms with Gasteiger partial charge in [0.05, 0.1) is 22.3 Å². The van der Waals surface area contributed by atoms with Crippen molar-refractivity contribution in [1.82, 2.24) is 19.6 Å². The van der Waals surface area contributed by atoms with Crippen LogP contribution in [-0.4, -0.2) is 95.3 Å². The summed E-state index contributed by atoms with van der Waals surface area (Å²) >= 11 is 8.01. The molecule has 5 heterocycles. The number of carbonyl (C=O) groups is 3. The molecular weight excluding hydrogens is 608 g/mol. The number of nitrogens with one attached hydrogen (secondary N) is 1. The molecule has 0 bridgehead atoms. The van der Waals surface area contributed by atoms with Gasteiger partial charge in [0.2, 0.25) is 11.8 Å². The van der Waals surface area contributed by atoms with E-state index in [4.69, 9.17) is 23.8 Å². The maximum Gasteiger partial charge on any atom is 0.322 e. The maximum absolute atomic E-state index is 14.0. The van der Waals surface area contributed by atoms with Gasteiger partial charge in [-0.1, -0.05) is 17.5 Å². The molecule has 4 amide bonds. The van der Waals surface area contributed by atoms with Gasteiger partial charge in [0, 0.05) is 62.2 Å². The number of halogens is 1. The van der Waals surface area contributed by atoms with Crippen LogP contribution in [0.25, 0.3) is 0 Å². The van der Waals surface area contributed by atoms with Crippen molar-refractivity contribution in [2.24, 2.45) is 5.92 Å². The summed E-state index contributed by atoms with van der Waals surface area (Å²) in [6.07, 6.45) is 12.9. The average molecular weight is 651 g/mol. The first-order chi connectivity index (χ1) is 21.8. The summed E-state index contributed by atoms with van der Waals surface area (Å²) < 4.78 is 0. The van der Waals surface area contributed by atoms with Gasteiger partial charge in [0.15, 0.2) is 0 Å². The van der Waals surface area contributed by atoms with Gasteiger partial charge < -0.3 is 30.7 Å². The molecule has 11 heteroatoms. The lowest BCUT2D eigenvalue weighted by atomic mass is 9.91. The van der Waals surface area contributed by atoms with Gasteiger partial charge in [-0.3, -0.25) is 9.59 Å². The number of nitrogens with zero attached hydrogens (tertiary/aromatic N) is 4. The Labute approximate surface area is 275 Å².